The Morgan fingerprint density at radius 1 is 1.32 bits per heavy atom. The van der Waals surface area contributed by atoms with Gasteiger partial charge >= 0.3 is 0 Å². The van der Waals surface area contributed by atoms with Gasteiger partial charge in [-0.1, -0.05) is 13.8 Å². The number of nitrogens with zero attached hydrogens (tertiary/aromatic N) is 2. The molecule has 22 heavy (non-hydrogen) atoms. The van der Waals surface area contributed by atoms with Crippen molar-refractivity contribution in [1.82, 2.24) is 4.90 Å². The van der Waals surface area contributed by atoms with Crippen molar-refractivity contribution in [2.75, 3.05) is 32.9 Å². The number of rotatable bonds is 3. The summed E-state index contributed by atoms with van der Waals surface area (Å²) in [6.45, 7) is 6.95. The van der Waals surface area contributed by atoms with Crippen LogP contribution >= 0.6 is 0 Å². The van der Waals surface area contributed by atoms with Gasteiger partial charge < -0.3 is 14.4 Å². The Bertz CT molecular complexity index is 523. The number of aliphatic imine (C=N–C) groups is 1. The summed E-state index contributed by atoms with van der Waals surface area (Å²) in [7, 11) is 0. The molecule has 0 bridgehead atoms. The first-order valence-electron chi connectivity index (χ1n) is 7.40. The minimum atomic E-state index is -0.440. The van der Waals surface area contributed by atoms with Crippen molar-refractivity contribution in [1.29, 1.82) is 0 Å². The number of halogens is 1. The Hall–Kier alpha value is -1.95. The maximum atomic E-state index is 12.9. The van der Waals surface area contributed by atoms with Crippen LogP contribution in [-0.2, 0) is 9.47 Å². The largest absolute Gasteiger partial charge is 0.465 e. The van der Waals surface area contributed by atoms with E-state index in [2.05, 4.69) is 4.99 Å². The quantitative estimate of drug-likeness (QED) is 0.635. The summed E-state index contributed by atoms with van der Waals surface area (Å²) >= 11 is 0. The summed E-state index contributed by atoms with van der Waals surface area (Å²) in [5, 5.41) is 0. The highest BCUT2D eigenvalue weighted by Crippen LogP contribution is 2.08. The van der Waals surface area contributed by atoms with Crippen LogP contribution in [0.1, 0.15) is 24.2 Å². The zero-order chi connectivity index (χ0) is 15.9. The molecule has 1 heterocycles. The molecule has 0 aliphatic carbocycles. The zero-order valence-electron chi connectivity index (χ0n) is 12.9. The molecule has 2 rings (SSSR count). The Kier molecular flexibility index (Phi) is 5.89. The van der Waals surface area contributed by atoms with E-state index in [-0.39, 0.29) is 5.82 Å². The number of carbonyl (C=O) groups is 1. The maximum Gasteiger partial charge on any atom is 0.295 e. The molecule has 120 valence electrons. The topological polar surface area (TPSA) is 51.1 Å². The lowest BCUT2D eigenvalue weighted by molar-refractivity contribution is 0.0529. The molecule has 1 aliphatic rings. The average Bonchev–Trinajstić information content (AvgIpc) is 2.52. The molecular formula is C16H21FN2O3. The fourth-order valence-electron chi connectivity index (χ4n) is 1.93. The van der Waals surface area contributed by atoms with Crippen LogP contribution in [0.15, 0.2) is 29.3 Å². The molecule has 1 amide bonds. The first kappa shape index (κ1) is 16.4. The van der Waals surface area contributed by atoms with Crippen molar-refractivity contribution >= 4 is 11.9 Å². The second-order valence-corrected chi connectivity index (χ2v) is 5.51. The van der Waals surface area contributed by atoms with E-state index < -0.39 is 5.91 Å². The number of carbonyl (C=O) groups excluding carboxylic acids is 1. The van der Waals surface area contributed by atoms with Crippen LogP contribution in [-0.4, -0.2) is 49.7 Å². The van der Waals surface area contributed by atoms with E-state index in [1.807, 2.05) is 18.7 Å². The molecule has 0 atom stereocenters. The minimum Gasteiger partial charge on any atom is -0.465 e. The lowest BCUT2D eigenvalue weighted by Gasteiger charge is -2.29. The molecule has 6 heteroatoms. The zero-order valence-corrected chi connectivity index (χ0v) is 12.9. The monoisotopic (exact) mass is 308 g/mol. The molecule has 5 nitrogen and oxygen atoms in total. The van der Waals surface area contributed by atoms with Crippen LogP contribution in [0.4, 0.5) is 4.39 Å². The van der Waals surface area contributed by atoms with Crippen LogP contribution in [0.3, 0.4) is 0 Å². The Morgan fingerprint density at radius 3 is 2.55 bits per heavy atom. The predicted octanol–water partition coefficient (Wildman–Crippen LogP) is 2.33. The second kappa shape index (κ2) is 7.89. The van der Waals surface area contributed by atoms with Crippen LogP contribution in [0.5, 0.6) is 0 Å². The van der Waals surface area contributed by atoms with Crippen LogP contribution in [0, 0.1) is 11.7 Å². The lowest BCUT2D eigenvalue weighted by Crippen LogP contribution is -2.42. The summed E-state index contributed by atoms with van der Waals surface area (Å²) in [6, 6.07) is 5.63. The van der Waals surface area contributed by atoms with Gasteiger partial charge in [-0.2, -0.15) is 4.99 Å². The standard InChI is InChI=1S/C16H21FN2O3/c1-12(2)11-22-16(19-7-9-21-10-8-19)18-15(20)13-3-5-14(17)6-4-13/h3-6,12H,7-11H2,1-2H3. The molecule has 1 aromatic carbocycles. The van der Waals surface area contributed by atoms with Crippen molar-refractivity contribution in [3.8, 4) is 0 Å². The number of hydrogen-bond donors (Lipinski definition) is 0. The third kappa shape index (κ3) is 4.80. The fourth-order valence-corrected chi connectivity index (χ4v) is 1.93. The third-order valence-electron chi connectivity index (χ3n) is 3.12. The molecule has 0 unspecified atom stereocenters. The van der Waals surface area contributed by atoms with Crippen molar-refractivity contribution in [2.45, 2.75) is 13.8 Å². The molecule has 0 N–H and O–H groups in total. The third-order valence-corrected chi connectivity index (χ3v) is 3.12. The molecule has 0 aromatic heterocycles. The van der Waals surface area contributed by atoms with E-state index in [9.17, 15) is 9.18 Å². The molecule has 0 saturated carbocycles. The van der Waals surface area contributed by atoms with Gasteiger partial charge in [-0.25, -0.2) is 4.39 Å². The Morgan fingerprint density at radius 2 is 1.95 bits per heavy atom. The van der Waals surface area contributed by atoms with Gasteiger partial charge in [-0.15, -0.1) is 0 Å². The van der Waals surface area contributed by atoms with E-state index in [1.165, 1.54) is 24.3 Å². The molecule has 1 fully saturated rings. The van der Waals surface area contributed by atoms with E-state index in [4.69, 9.17) is 9.47 Å². The van der Waals surface area contributed by atoms with Gasteiger partial charge in [0.2, 0.25) is 0 Å². The summed E-state index contributed by atoms with van der Waals surface area (Å²) < 4.78 is 23.9. The highest BCUT2D eigenvalue weighted by molar-refractivity contribution is 6.01. The van der Waals surface area contributed by atoms with Crippen molar-refractivity contribution in [2.24, 2.45) is 10.9 Å². The second-order valence-electron chi connectivity index (χ2n) is 5.51. The van der Waals surface area contributed by atoms with E-state index >= 15 is 0 Å². The van der Waals surface area contributed by atoms with Crippen LogP contribution < -0.4 is 0 Å². The average molecular weight is 308 g/mol. The van der Waals surface area contributed by atoms with Gasteiger partial charge in [-0.3, -0.25) is 4.79 Å². The summed E-state index contributed by atoms with van der Waals surface area (Å²) in [4.78, 5) is 18.2. The van der Waals surface area contributed by atoms with Gasteiger partial charge in [0.25, 0.3) is 11.9 Å². The van der Waals surface area contributed by atoms with Crippen molar-refractivity contribution in [3.05, 3.63) is 35.6 Å². The Balaban J connectivity index is 2.14. The molecule has 1 aromatic rings. The van der Waals surface area contributed by atoms with Gasteiger partial charge in [0.05, 0.1) is 19.8 Å². The number of amidine groups is 1. The molecule has 1 aliphatic heterocycles. The number of morpholine rings is 1. The highest BCUT2D eigenvalue weighted by Gasteiger charge is 2.19. The fraction of sp³-hybridized carbons (Fsp3) is 0.500. The molecular weight excluding hydrogens is 287 g/mol. The summed E-state index contributed by atoms with van der Waals surface area (Å²) in [6.07, 6.45) is 0. The van der Waals surface area contributed by atoms with Gasteiger partial charge in [0.15, 0.2) is 0 Å². The highest BCUT2D eigenvalue weighted by atomic mass is 19.1. The number of ether oxygens (including phenoxy) is 2. The predicted molar refractivity (Wildman–Crippen MR) is 81.3 cm³/mol. The number of amides is 1. The maximum absolute atomic E-state index is 12.9. The van der Waals surface area contributed by atoms with Gasteiger partial charge in [0.1, 0.15) is 5.82 Å². The molecule has 1 saturated heterocycles. The summed E-state index contributed by atoms with van der Waals surface area (Å²) in [5.74, 6) is -0.498. The first-order chi connectivity index (χ1) is 10.6. The van der Waals surface area contributed by atoms with Gasteiger partial charge in [0, 0.05) is 18.7 Å². The van der Waals surface area contributed by atoms with Crippen LogP contribution in [0.2, 0.25) is 0 Å². The SMILES string of the molecule is CC(C)COC(=NC(=O)c1ccc(F)cc1)N1CCOCC1. The van der Waals surface area contributed by atoms with E-state index in [0.29, 0.717) is 50.4 Å². The van der Waals surface area contributed by atoms with Gasteiger partial charge in [-0.05, 0) is 30.2 Å². The van der Waals surface area contributed by atoms with E-state index in [0.717, 1.165) is 0 Å². The number of hydrogen-bond acceptors (Lipinski definition) is 3. The van der Waals surface area contributed by atoms with Crippen molar-refractivity contribution < 1.29 is 18.7 Å². The number of benzene rings is 1. The Labute approximate surface area is 129 Å². The van der Waals surface area contributed by atoms with E-state index in [1.54, 1.807) is 0 Å². The van der Waals surface area contributed by atoms with Crippen LogP contribution in [0.25, 0.3) is 0 Å². The normalized spacial score (nSPS) is 16.0. The minimum absolute atomic E-state index is 0.311. The molecule has 0 spiro atoms. The first-order valence-corrected chi connectivity index (χ1v) is 7.40. The molecule has 0 radical (unpaired) electrons. The smallest absolute Gasteiger partial charge is 0.295 e. The summed E-state index contributed by atoms with van der Waals surface area (Å²) in [5.41, 5.74) is 0.334. The van der Waals surface area contributed by atoms with Crippen molar-refractivity contribution in [3.63, 3.8) is 0 Å². The lowest BCUT2D eigenvalue weighted by atomic mass is 10.2.